The third-order valence-electron chi connectivity index (χ3n) is 3.41. The van der Waals surface area contributed by atoms with Crippen molar-refractivity contribution in [2.24, 2.45) is 12.8 Å². The van der Waals surface area contributed by atoms with Crippen molar-refractivity contribution < 1.29 is 4.74 Å². The van der Waals surface area contributed by atoms with E-state index in [2.05, 4.69) is 24.2 Å². The number of rotatable bonds is 5. The summed E-state index contributed by atoms with van der Waals surface area (Å²) in [5.41, 5.74) is 9.07. The number of ether oxygens (including phenoxy) is 1. The Labute approximate surface area is 114 Å². The monoisotopic (exact) mass is 259 g/mol. The van der Waals surface area contributed by atoms with Gasteiger partial charge in [0, 0.05) is 24.4 Å². The van der Waals surface area contributed by atoms with Crippen molar-refractivity contribution in [3.8, 4) is 16.9 Å². The Hall–Kier alpha value is -1.81. The second-order valence-electron chi connectivity index (χ2n) is 4.84. The van der Waals surface area contributed by atoms with Crippen LogP contribution in [-0.4, -0.2) is 23.4 Å². The average Bonchev–Trinajstić information content (AvgIpc) is 2.85. The molecule has 0 aliphatic rings. The van der Waals surface area contributed by atoms with E-state index in [-0.39, 0.29) is 0 Å². The van der Waals surface area contributed by atoms with Gasteiger partial charge < -0.3 is 10.5 Å². The van der Waals surface area contributed by atoms with Crippen LogP contribution < -0.4 is 10.5 Å². The van der Waals surface area contributed by atoms with Crippen LogP contribution in [0.15, 0.2) is 30.6 Å². The van der Waals surface area contributed by atoms with Gasteiger partial charge in [-0.3, -0.25) is 4.68 Å². The fraction of sp³-hybridized carbons (Fsp3) is 0.400. The van der Waals surface area contributed by atoms with Gasteiger partial charge in [-0.1, -0.05) is 13.0 Å². The maximum absolute atomic E-state index is 5.64. The Kier molecular flexibility index (Phi) is 4.22. The van der Waals surface area contributed by atoms with Crippen LogP contribution in [0.4, 0.5) is 0 Å². The summed E-state index contributed by atoms with van der Waals surface area (Å²) in [6.07, 6.45) is 4.84. The van der Waals surface area contributed by atoms with Gasteiger partial charge in [0.15, 0.2) is 0 Å². The number of hydrogen-bond acceptors (Lipinski definition) is 3. The van der Waals surface area contributed by atoms with Crippen LogP contribution >= 0.6 is 0 Å². The molecule has 0 radical (unpaired) electrons. The van der Waals surface area contributed by atoms with Gasteiger partial charge in [-0.15, -0.1) is 0 Å². The Morgan fingerprint density at radius 1 is 1.42 bits per heavy atom. The SMILES string of the molecule is COc1ccc(C(C)CCN)cc1-c1cnn(C)c1. The zero-order valence-electron chi connectivity index (χ0n) is 11.8. The number of hydrogen-bond donors (Lipinski definition) is 1. The molecule has 2 N–H and O–H groups in total. The minimum Gasteiger partial charge on any atom is -0.496 e. The summed E-state index contributed by atoms with van der Waals surface area (Å²) in [6.45, 7) is 2.90. The molecule has 4 heteroatoms. The summed E-state index contributed by atoms with van der Waals surface area (Å²) in [5.74, 6) is 1.32. The molecule has 1 heterocycles. The van der Waals surface area contributed by atoms with Crippen LogP contribution in [0.2, 0.25) is 0 Å². The first-order chi connectivity index (χ1) is 9.15. The standard InChI is InChI=1S/C15H21N3O/c1-11(6-7-16)12-4-5-15(19-3)14(8-12)13-9-17-18(2)10-13/h4-5,8-11H,6-7,16H2,1-3H3. The Balaban J connectivity index is 2.42. The molecule has 4 nitrogen and oxygen atoms in total. The number of aryl methyl sites for hydroxylation is 1. The third-order valence-corrected chi connectivity index (χ3v) is 3.41. The highest BCUT2D eigenvalue weighted by Gasteiger charge is 2.12. The van der Waals surface area contributed by atoms with E-state index in [0.29, 0.717) is 12.5 Å². The zero-order chi connectivity index (χ0) is 13.8. The van der Waals surface area contributed by atoms with Crippen LogP contribution in [0, 0.1) is 0 Å². The Morgan fingerprint density at radius 2 is 2.21 bits per heavy atom. The normalized spacial score (nSPS) is 12.4. The average molecular weight is 259 g/mol. The van der Waals surface area contributed by atoms with E-state index in [0.717, 1.165) is 23.3 Å². The molecular formula is C15H21N3O. The van der Waals surface area contributed by atoms with E-state index < -0.39 is 0 Å². The van der Waals surface area contributed by atoms with Gasteiger partial charge in [-0.2, -0.15) is 5.10 Å². The minimum atomic E-state index is 0.450. The number of nitrogens with zero attached hydrogens (tertiary/aromatic N) is 2. The molecule has 0 aliphatic heterocycles. The van der Waals surface area contributed by atoms with Crippen molar-refractivity contribution in [1.29, 1.82) is 0 Å². The minimum absolute atomic E-state index is 0.450. The van der Waals surface area contributed by atoms with Crippen molar-refractivity contribution in [2.45, 2.75) is 19.3 Å². The molecule has 1 aromatic carbocycles. The summed E-state index contributed by atoms with van der Waals surface area (Å²) < 4.78 is 7.24. The molecule has 0 fully saturated rings. The zero-order valence-corrected chi connectivity index (χ0v) is 11.8. The van der Waals surface area contributed by atoms with Crippen LogP contribution in [0.1, 0.15) is 24.8 Å². The van der Waals surface area contributed by atoms with Gasteiger partial charge in [0.2, 0.25) is 0 Å². The highest BCUT2D eigenvalue weighted by molar-refractivity contribution is 5.70. The Bertz CT molecular complexity index is 548. The highest BCUT2D eigenvalue weighted by Crippen LogP contribution is 2.33. The Morgan fingerprint density at radius 3 is 2.79 bits per heavy atom. The van der Waals surface area contributed by atoms with Crippen LogP contribution in [0.3, 0.4) is 0 Å². The van der Waals surface area contributed by atoms with E-state index in [1.165, 1.54) is 5.56 Å². The lowest BCUT2D eigenvalue weighted by Gasteiger charge is -2.14. The molecule has 19 heavy (non-hydrogen) atoms. The topological polar surface area (TPSA) is 53.1 Å². The van der Waals surface area contributed by atoms with Crippen molar-refractivity contribution in [3.63, 3.8) is 0 Å². The molecule has 2 rings (SSSR count). The van der Waals surface area contributed by atoms with Gasteiger partial charge >= 0.3 is 0 Å². The number of methoxy groups -OCH3 is 1. The smallest absolute Gasteiger partial charge is 0.126 e. The van der Waals surface area contributed by atoms with E-state index in [1.54, 1.807) is 11.8 Å². The number of aromatic nitrogens is 2. The summed E-state index contributed by atoms with van der Waals surface area (Å²) in [6, 6.07) is 6.31. The summed E-state index contributed by atoms with van der Waals surface area (Å²) >= 11 is 0. The molecule has 0 saturated heterocycles. The molecule has 1 unspecified atom stereocenters. The predicted octanol–water partition coefficient (Wildman–Crippen LogP) is 2.55. The maximum Gasteiger partial charge on any atom is 0.126 e. The van der Waals surface area contributed by atoms with Crippen LogP contribution in [-0.2, 0) is 7.05 Å². The molecule has 1 atom stereocenters. The predicted molar refractivity (Wildman–Crippen MR) is 77.3 cm³/mol. The molecule has 102 valence electrons. The highest BCUT2D eigenvalue weighted by atomic mass is 16.5. The maximum atomic E-state index is 5.64. The van der Waals surface area contributed by atoms with Crippen LogP contribution in [0.25, 0.3) is 11.1 Å². The quantitative estimate of drug-likeness (QED) is 0.897. The van der Waals surface area contributed by atoms with E-state index in [4.69, 9.17) is 10.5 Å². The number of benzene rings is 1. The van der Waals surface area contributed by atoms with Crippen molar-refractivity contribution in [3.05, 3.63) is 36.2 Å². The van der Waals surface area contributed by atoms with E-state index in [9.17, 15) is 0 Å². The summed E-state index contributed by atoms with van der Waals surface area (Å²) in [7, 11) is 3.61. The molecular weight excluding hydrogens is 238 g/mol. The lowest BCUT2D eigenvalue weighted by molar-refractivity contribution is 0.416. The van der Waals surface area contributed by atoms with Gasteiger partial charge in [-0.05, 0) is 36.6 Å². The molecule has 0 saturated carbocycles. The molecule has 2 aromatic rings. The molecule has 0 bridgehead atoms. The second kappa shape index (κ2) is 5.89. The lowest BCUT2D eigenvalue weighted by Crippen LogP contribution is -2.04. The fourth-order valence-corrected chi connectivity index (χ4v) is 2.23. The van der Waals surface area contributed by atoms with Gasteiger partial charge in [-0.25, -0.2) is 0 Å². The lowest BCUT2D eigenvalue weighted by atomic mass is 9.94. The first kappa shape index (κ1) is 13.6. The first-order valence-corrected chi connectivity index (χ1v) is 6.52. The van der Waals surface area contributed by atoms with Crippen LogP contribution in [0.5, 0.6) is 5.75 Å². The molecule has 0 spiro atoms. The third kappa shape index (κ3) is 2.96. The largest absolute Gasteiger partial charge is 0.496 e. The van der Waals surface area contributed by atoms with Crippen molar-refractivity contribution >= 4 is 0 Å². The van der Waals surface area contributed by atoms with Crippen molar-refractivity contribution in [2.75, 3.05) is 13.7 Å². The van der Waals surface area contributed by atoms with Crippen molar-refractivity contribution in [1.82, 2.24) is 9.78 Å². The van der Waals surface area contributed by atoms with Gasteiger partial charge in [0.1, 0.15) is 5.75 Å². The summed E-state index contributed by atoms with van der Waals surface area (Å²) in [4.78, 5) is 0. The first-order valence-electron chi connectivity index (χ1n) is 6.52. The van der Waals surface area contributed by atoms with E-state index >= 15 is 0 Å². The van der Waals surface area contributed by atoms with Gasteiger partial charge in [0.25, 0.3) is 0 Å². The number of nitrogens with two attached hydrogens (primary N) is 1. The second-order valence-corrected chi connectivity index (χ2v) is 4.84. The van der Waals surface area contributed by atoms with Gasteiger partial charge in [0.05, 0.1) is 13.3 Å². The fourth-order valence-electron chi connectivity index (χ4n) is 2.23. The molecule has 0 amide bonds. The molecule has 0 aliphatic carbocycles. The molecule has 1 aromatic heterocycles. The van der Waals surface area contributed by atoms with E-state index in [1.807, 2.05) is 25.5 Å². The summed E-state index contributed by atoms with van der Waals surface area (Å²) in [5, 5.41) is 4.22.